The summed E-state index contributed by atoms with van der Waals surface area (Å²) < 4.78 is 11.3. The fraction of sp³-hybridized carbons (Fsp3) is 0.667. The molecule has 0 saturated carbocycles. The van der Waals surface area contributed by atoms with Gasteiger partial charge in [0.2, 0.25) is 0 Å². The predicted octanol–water partition coefficient (Wildman–Crippen LogP) is 3.08. The minimum Gasteiger partial charge on any atom is -0.377 e. The Balaban J connectivity index is 1.74. The van der Waals surface area contributed by atoms with Crippen LogP contribution in [0.2, 0.25) is 5.02 Å². The van der Waals surface area contributed by atoms with Crippen molar-refractivity contribution in [2.45, 2.75) is 44.9 Å². The van der Waals surface area contributed by atoms with Crippen molar-refractivity contribution in [2.24, 2.45) is 4.99 Å². The first kappa shape index (κ1) is 22.9. The second-order valence-electron chi connectivity index (χ2n) is 7.41. The summed E-state index contributed by atoms with van der Waals surface area (Å²) in [5.41, 5.74) is 1.05. The molecule has 7 heteroatoms. The number of hydrogen-bond acceptors (Lipinski definition) is 4. The number of methoxy groups -OCH3 is 1. The van der Waals surface area contributed by atoms with E-state index >= 15 is 0 Å². The highest BCUT2D eigenvalue weighted by molar-refractivity contribution is 6.30. The highest BCUT2D eigenvalue weighted by atomic mass is 35.5. The summed E-state index contributed by atoms with van der Waals surface area (Å²) in [6.07, 6.45) is 2.42. The average Bonchev–Trinajstić information content (AvgIpc) is 2.68. The Morgan fingerprint density at radius 1 is 1.32 bits per heavy atom. The Hall–Kier alpha value is -1.34. The van der Waals surface area contributed by atoms with Crippen molar-refractivity contribution in [2.75, 3.05) is 46.9 Å². The van der Waals surface area contributed by atoms with Crippen molar-refractivity contribution < 1.29 is 9.47 Å². The molecule has 2 N–H and O–H groups in total. The van der Waals surface area contributed by atoms with Crippen LogP contribution in [0.1, 0.15) is 38.4 Å². The lowest BCUT2D eigenvalue weighted by Crippen LogP contribution is -2.49. The van der Waals surface area contributed by atoms with E-state index in [1.54, 1.807) is 14.2 Å². The molecule has 1 saturated heterocycles. The molecule has 0 bridgehead atoms. The van der Waals surface area contributed by atoms with Gasteiger partial charge in [-0.3, -0.25) is 4.99 Å². The molecule has 1 aromatic rings. The summed E-state index contributed by atoms with van der Waals surface area (Å²) in [6, 6.07) is 8.20. The van der Waals surface area contributed by atoms with Crippen molar-refractivity contribution in [3.8, 4) is 0 Å². The summed E-state index contributed by atoms with van der Waals surface area (Å²) >= 11 is 6.10. The van der Waals surface area contributed by atoms with Gasteiger partial charge in [0.1, 0.15) is 0 Å². The number of nitrogens with zero attached hydrogens (tertiary/aromatic N) is 2. The van der Waals surface area contributed by atoms with Gasteiger partial charge in [0, 0.05) is 51.4 Å². The normalized spacial score (nSPS) is 17.7. The number of nitrogens with one attached hydrogen (secondary N) is 2. The SMILES string of the molecule is CN=C(NCC(OC)c1cccc(Cl)c1)NC1CCN(CCOC(C)C)CC1. The molecular formula is C21H35ClN4O2. The molecule has 1 aliphatic rings. The van der Waals surface area contributed by atoms with E-state index in [9.17, 15) is 0 Å². The molecule has 0 amide bonds. The zero-order valence-electron chi connectivity index (χ0n) is 17.6. The number of halogens is 1. The first-order valence-corrected chi connectivity index (χ1v) is 10.5. The van der Waals surface area contributed by atoms with Gasteiger partial charge in [-0.15, -0.1) is 0 Å². The third-order valence-corrected chi connectivity index (χ3v) is 5.21. The Bertz CT molecular complexity index is 604. The number of piperidine rings is 1. The molecule has 28 heavy (non-hydrogen) atoms. The Kier molecular flexibility index (Phi) is 10.1. The van der Waals surface area contributed by atoms with Crippen molar-refractivity contribution in [1.29, 1.82) is 0 Å². The molecule has 0 spiro atoms. The molecule has 1 fully saturated rings. The largest absolute Gasteiger partial charge is 0.377 e. The van der Waals surface area contributed by atoms with Gasteiger partial charge in [-0.1, -0.05) is 23.7 Å². The molecule has 0 aromatic heterocycles. The molecule has 1 aromatic carbocycles. The minimum atomic E-state index is -0.0833. The molecule has 6 nitrogen and oxygen atoms in total. The third kappa shape index (κ3) is 7.95. The third-order valence-electron chi connectivity index (χ3n) is 4.97. The van der Waals surface area contributed by atoms with Crippen LogP contribution in [0.5, 0.6) is 0 Å². The number of benzene rings is 1. The van der Waals surface area contributed by atoms with Crippen LogP contribution in [0.25, 0.3) is 0 Å². The van der Waals surface area contributed by atoms with E-state index in [0.717, 1.165) is 50.6 Å². The summed E-state index contributed by atoms with van der Waals surface area (Å²) in [7, 11) is 3.51. The second kappa shape index (κ2) is 12.3. The Morgan fingerprint density at radius 2 is 2.07 bits per heavy atom. The van der Waals surface area contributed by atoms with Gasteiger partial charge in [-0.2, -0.15) is 0 Å². The highest BCUT2D eigenvalue weighted by Gasteiger charge is 2.20. The second-order valence-corrected chi connectivity index (χ2v) is 7.85. The van der Waals surface area contributed by atoms with E-state index in [2.05, 4.69) is 34.4 Å². The predicted molar refractivity (Wildman–Crippen MR) is 116 cm³/mol. The lowest BCUT2D eigenvalue weighted by atomic mass is 10.1. The van der Waals surface area contributed by atoms with Gasteiger partial charge < -0.3 is 25.0 Å². The zero-order chi connectivity index (χ0) is 20.4. The van der Waals surface area contributed by atoms with Gasteiger partial charge in [0.15, 0.2) is 5.96 Å². The van der Waals surface area contributed by atoms with Crippen molar-refractivity contribution >= 4 is 17.6 Å². The van der Waals surface area contributed by atoms with Gasteiger partial charge in [0.25, 0.3) is 0 Å². The number of hydrogen-bond donors (Lipinski definition) is 2. The van der Waals surface area contributed by atoms with E-state index in [1.807, 2.05) is 24.3 Å². The quantitative estimate of drug-likeness (QED) is 0.484. The standard InChI is InChI=1S/C21H35ClN4O2/c1-16(2)28-13-12-26-10-8-19(9-11-26)25-21(23-3)24-15-20(27-4)17-6-5-7-18(22)14-17/h5-7,14,16,19-20H,8-13,15H2,1-4H3,(H2,23,24,25). The first-order chi connectivity index (χ1) is 13.5. The molecule has 2 rings (SSSR count). The van der Waals surface area contributed by atoms with Crippen molar-refractivity contribution in [3.05, 3.63) is 34.9 Å². The summed E-state index contributed by atoms with van der Waals surface area (Å²) in [4.78, 5) is 6.84. The number of rotatable bonds is 9. The Morgan fingerprint density at radius 3 is 2.68 bits per heavy atom. The molecule has 1 unspecified atom stereocenters. The van der Waals surface area contributed by atoms with Crippen LogP contribution in [0.15, 0.2) is 29.3 Å². The summed E-state index contributed by atoms with van der Waals surface area (Å²) in [5.74, 6) is 0.811. The Labute approximate surface area is 174 Å². The van der Waals surface area contributed by atoms with Crippen LogP contribution < -0.4 is 10.6 Å². The van der Waals surface area contributed by atoms with Crippen LogP contribution in [0.4, 0.5) is 0 Å². The van der Waals surface area contributed by atoms with E-state index in [4.69, 9.17) is 21.1 Å². The molecule has 0 aliphatic carbocycles. The molecule has 0 radical (unpaired) electrons. The summed E-state index contributed by atoms with van der Waals surface area (Å²) in [6.45, 7) is 8.76. The van der Waals surface area contributed by atoms with E-state index in [0.29, 0.717) is 23.7 Å². The first-order valence-electron chi connectivity index (χ1n) is 10.1. The van der Waals surface area contributed by atoms with Crippen LogP contribution >= 0.6 is 11.6 Å². The van der Waals surface area contributed by atoms with Crippen LogP contribution in [-0.4, -0.2) is 69.9 Å². The molecule has 1 atom stereocenters. The average molecular weight is 411 g/mol. The lowest BCUT2D eigenvalue weighted by molar-refractivity contribution is 0.0532. The van der Waals surface area contributed by atoms with Crippen molar-refractivity contribution in [3.63, 3.8) is 0 Å². The highest BCUT2D eigenvalue weighted by Crippen LogP contribution is 2.19. The zero-order valence-corrected chi connectivity index (χ0v) is 18.3. The maximum absolute atomic E-state index is 6.10. The fourth-order valence-electron chi connectivity index (χ4n) is 3.34. The van der Waals surface area contributed by atoms with Gasteiger partial charge in [-0.25, -0.2) is 0 Å². The molecule has 1 heterocycles. The number of ether oxygens (including phenoxy) is 2. The van der Waals surface area contributed by atoms with Gasteiger partial charge in [-0.05, 0) is 44.4 Å². The number of likely N-dealkylation sites (tertiary alicyclic amines) is 1. The van der Waals surface area contributed by atoms with E-state index < -0.39 is 0 Å². The minimum absolute atomic E-state index is 0.0833. The molecular weight excluding hydrogens is 376 g/mol. The topological polar surface area (TPSA) is 58.1 Å². The van der Waals surface area contributed by atoms with E-state index in [-0.39, 0.29) is 6.10 Å². The number of aliphatic imine (C=N–C) groups is 1. The van der Waals surface area contributed by atoms with Gasteiger partial charge in [0.05, 0.1) is 18.8 Å². The van der Waals surface area contributed by atoms with Crippen LogP contribution in [0.3, 0.4) is 0 Å². The molecule has 158 valence electrons. The van der Waals surface area contributed by atoms with Crippen LogP contribution in [0, 0.1) is 0 Å². The smallest absolute Gasteiger partial charge is 0.191 e. The lowest BCUT2D eigenvalue weighted by Gasteiger charge is -2.33. The van der Waals surface area contributed by atoms with Crippen molar-refractivity contribution in [1.82, 2.24) is 15.5 Å². The van der Waals surface area contributed by atoms with Crippen LogP contribution in [-0.2, 0) is 9.47 Å². The fourth-order valence-corrected chi connectivity index (χ4v) is 3.54. The van der Waals surface area contributed by atoms with E-state index in [1.165, 1.54) is 0 Å². The van der Waals surface area contributed by atoms with Gasteiger partial charge >= 0.3 is 0 Å². The molecule has 1 aliphatic heterocycles. The monoisotopic (exact) mass is 410 g/mol. The maximum atomic E-state index is 6.10. The number of guanidine groups is 1. The summed E-state index contributed by atoms with van der Waals surface area (Å²) in [5, 5.41) is 7.64. The maximum Gasteiger partial charge on any atom is 0.191 e.